The lowest BCUT2D eigenvalue weighted by molar-refractivity contribution is 0.146. The Morgan fingerprint density at radius 3 is 2.71 bits per heavy atom. The van der Waals surface area contributed by atoms with Crippen molar-refractivity contribution in [3.63, 3.8) is 0 Å². The number of benzene rings is 1. The third kappa shape index (κ3) is 6.35. The lowest BCUT2D eigenvalue weighted by Gasteiger charge is -2.35. The van der Waals surface area contributed by atoms with E-state index in [1.54, 1.807) is 12.3 Å². The molecule has 0 atom stereocenters. The maximum absolute atomic E-state index is 5.91. The molecule has 0 amide bonds. The normalized spacial score (nSPS) is 15.1. The van der Waals surface area contributed by atoms with Gasteiger partial charge in [-0.2, -0.15) is 0 Å². The second kappa shape index (κ2) is 10.8. The minimum Gasteiger partial charge on any atom is -0.492 e. The number of rotatable bonds is 9. The number of hydrogen-bond acceptors (Lipinski definition) is 7. The summed E-state index contributed by atoms with van der Waals surface area (Å²) in [6, 6.07) is 11.6. The number of piperazine rings is 1. The smallest absolute Gasteiger partial charge is 0.151 e. The number of oxime groups is 1. The highest BCUT2D eigenvalue weighted by Gasteiger charge is 2.18. The van der Waals surface area contributed by atoms with Crippen molar-refractivity contribution in [2.75, 3.05) is 50.8 Å². The quantitative estimate of drug-likeness (QED) is 0.364. The molecule has 28 heavy (non-hydrogen) atoms. The van der Waals surface area contributed by atoms with Gasteiger partial charge in [0.2, 0.25) is 0 Å². The first kappa shape index (κ1) is 20.4. The molecular formula is C20H26ClN5O2. The van der Waals surface area contributed by atoms with Gasteiger partial charge >= 0.3 is 0 Å². The van der Waals surface area contributed by atoms with Gasteiger partial charge in [-0.05, 0) is 36.2 Å². The van der Waals surface area contributed by atoms with Gasteiger partial charge in [0.25, 0.3) is 0 Å². The number of hydrogen-bond donors (Lipinski definition) is 0. The highest BCUT2D eigenvalue weighted by atomic mass is 35.5. The molecule has 150 valence electrons. The zero-order valence-corrected chi connectivity index (χ0v) is 16.9. The first-order valence-corrected chi connectivity index (χ1v) is 9.97. The molecule has 8 heteroatoms. The Morgan fingerprint density at radius 1 is 1.11 bits per heavy atom. The van der Waals surface area contributed by atoms with Crippen LogP contribution < -0.4 is 9.64 Å². The van der Waals surface area contributed by atoms with Gasteiger partial charge in [0, 0.05) is 32.7 Å². The fourth-order valence-corrected chi connectivity index (χ4v) is 3.00. The second-order valence-electron chi connectivity index (χ2n) is 6.53. The average Bonchev–Trinajstić information content (AvgIpc) is 2.73. The van der Waals surface area contributed by atoms with E-state index in [0.29, 0.717) is 18.4 Å². The van der Waals surface area contributed by atoms with Crippen molar-refractivity contribution in [1.82, 2.24) is 15.1 Å². The lowest BCUT2D eigenvalue weighted by Crippen LogP contribution is -2.47. The summed E-state index contributed by atoms with van der Waals surface area (Å²) in [5.41, 5.74) is 0.964. The fraction of sp³-hybridized carbons (Fsp3) is 0.450. The summed E-state index contributed by atoms with van der Waals surface area (Å²) in [5.74, 6) is 1.72. The molecule has 2 heterocycles. The molecule has 1 aromatic carbocycles. The molecule has 1 fully saturated rings. The van der Waals surface area contributed by atoms with Crippen LogP contribution in [-0.4, -0.2) is 67.2 Å². The van der Waals surface area contributed by atoms with Crippen LogP contribution in [0.3, 0.4) is 0 Å². The maximum Gasteiger partial charge on any atom is 0.151 e. The number of ether oxygens (including phenoxy) is 1. The van der Waals surface area contributed by atoms with Gasteiger partial charge in [-0.3, -0.25) is 4.90 Å². The number of anilines is 1. The number of aromatic nitrogens is 2. The van der Waals surface area contributed by atoms with Gasteiger partial charge in [-0.25, -0.2) is 0 Å². The molecule has 1 aliphatic rings. The van der Waals surface area contributed by atoms with E-state index in [4.69, 9.17) is 21.2 Å². The Morgan fingerprint density at radius 2 is 1.96 bits per heavy atom. The molecule has 0 radical (unpaired) electrons. The van der Waals surface area contributed by atoms with Crippen molar-refractivity contribution in [3.05, 3.63) is 47.1 Å². The second-order valence-corrected chi connectivity index (χ2v) is 6.92. The van der Waals surface area contributed by atoms with Gasteiger partial charge in [0.05, 0.1) is 6.21 Å². The first-order chi connectivity index (χ1) is 13.7. The van der Waals surface area contributed by atoms with Crippen LogP contribution in [-0.2, 0) is 4.84 Å². The monoisotopic (exact) mass is 403 g/mol. The molecule has 0 unspecified atom stereocenters. The number of halogens is 1. The van der Waals surface area contributed by atoms with E-state index < -0.39 is 0 Å². The third-order valence-corrected chi connectivity index (χ3v) is 4.62. The molecular weight excluding hydrogens is 378 g/mol. The van der Waals surface area contributed by atoms with Gasteiger partial charge < -0.3 is 14.5 Å². The molecule has 1 aliphatic heterocycles. The Balaban J connectivity index is 1.39. The van der Waals surface area contributed by atoms with Gasteiger partial charge in [0.15, 0.2) is 11.0 Å². The Hall–Kier alpha value is -2.38. The fourth-order valence-electron chi connectivity index (χ4n) is 2.90. The van der Waals surface area contributed by atoms with E-state index in [9.17, 15) is 0 Å². The van der Waals surface area contributed by atoms with Crippen molar-refractivity contribution in [2.45, 2.75) is 13.3 Å². The summed E-state index contributed by atoms with van der Waals surface area (Å²) in [5, 5.41) is 12.4. The van der Waals surface area contributed by atoms with Gasteiger partial charge in [-0.15, -0.1) is 10.2 Å². The minimum atomic E-state index is 0.420. The molecule has 1 saturated heterocycles. The Labute approximate surface area is 170 Å². The zero-order chi connectivity index (χ0) is 19.6. The van der Waals surface area contributed by atoms with Gasteiger partial charge in [-0.1, -0.05) is 35.8 Å². The summed E-state index contributed by atoms with van der Waals surface area (Å²) in [6.07, 6.45) is 2.66. The standard InChI is InChI=1S/C20H26ClN5O2/c1-2-13-28-22-16-17-4-3-5-18(15-17)27-14-12-25-8-10-26(11-9-25)20-7-6-19(21)23-24-20/h3-7,15-16H,2,8-14H2,1H3. The summed E-state index contributed by atoms with van der Waals surface area (Å²) in [7, 11) is 0. The van der Waals surface area contributed by atoms with Crippen molar-refractivity contribution >= 4 is 23.6 Å². The van der Waals surface area contributed by atoms with E-state index in [0.717, 1.165) is 56.3 Å². The maximum atomic E-state index is 5.91. The molecule has 0 aliphatic carbocycles. The van der Waals surface area contributed by atoms with Crippen LogP contribution >= 0.6 is 11.6 Å². The highest BCUT2D eigenvalue weighted by molar-refractivity contribution is 6.29. The topological polar surface area (TPSA) is 63.1 Å². The van der Waals surface area contributed by atoms with E-state index in [1.165, 1.54) is 0 Å². The van der Waals surface area contributed by atoms with Crippen molar-refractivity contribution in [2.24, 2.45) is 5.16 Å². The summed E-state index contributed by atoms with van der Waals surface area (Å²) in [6.45, 7) is 7.98. The molecule has 2 aromatic rings. The molecule has 1 aromatic heterocycles. The molecule has 0 saturated carbocycles. The van der Waals surface area contributed by atoms with E-state index >= 15 is 0 Å². The van der Waals surface area contributed by atoms with Crippen molar-refractivity contribution < 1.29 is 9.57 Å². The van der Waals surface area contributed by atoms with Crippen LogP contribution in [0.4, 0.5) is 5.82 Å². The average molecular weight is 404 g/mol. The van der Waals surface area contributed by atoms with Crippen LogP contribution in [0.25, 0.3) is 0 Å². The molecule has 7 nitrogen and oxygen atoms in total. The largest absolute Gasteiger partial charge is 0.492 e. The van der Waals surface area contributed by atoms with Crippen molar-refractivity contribution in [3.8, 4) is 5.75 Å². The molecule has 0 bridgehead atoms. The van der Waals surface area contributed by atoms with Crippen LogP contribution in [0.15, 0.2) is 41.6 Å². The van der Waals surface area contributed by atoms with Crippen LogP contribution in [0.2, 0.25) is 5.15 Å². The van der Waals surface area contributed by atoms with Crippen LogP contribution in [0.1, 0.15) is 18.9 Å². The van der Waals surface area contributed by atoms with Crippen LogP contribution in [0.5, 0.6) is 5.75 Å². The molecule has 0 N–H and O–H groups in total. The van der Waals surface area contributed by atoms with Gasteiger partial charge in [0.1, 0.15) is 19.0 Å². The SMILES string of the molecule is CCCON=Cc1cccc(OCCN2CCN(c3ccc(Cl)nn3)CC2)c1. The summed E-state index contributed by atoms with van der Waals surface area (Å²) < 4.78 is 5.91. The molecule has 3 rings (SSSR count). The van der Waals surface area contributed by atoms with Crippen LogP contribution in [0, 0.1) is 0 Å². The summed E-state index contributed by atoms with van der Waals surface area (Å²) in [4.78, 5) is 9.76. The lowest BCUT2D eigenvalue weighted by atomic mass is 10.2. The summed E-state index contributed by atoms with van der Waals surface area (Å²) >= 11 is 5.80. The minimum absolute atomic E-state index is 0.420. The predicted octanol–water partition coefficient (Wildman–Crippen LogP) is 3.09. The Kier molecular flexibility index (Phi) is 7.87. The zero-order valence-electron chi connectivity index (χ0n) is 16.1. The Bertz CT molecular complexity index is 749. The highest BCUT2D eigenvalue weighted by Crippen LogP contribution is 2.15. The van der Waals surface area contributed by atoms with E-state index in [1.807, 2.05) is 30.3 Å². The predicted molar refractivity (Wildman–Crippen MR) is 111 cm³/mol. The van der Waals surface area contributed by atoms with E-state index in [-0.39, 0.29) is 0 Å². The van der Waals surface area contributed by atoms with E-state index in [2.05, 4.69) is 32.1 Å². The third-order valence-electron chi connectivity index (χ3n) is 4.42. The first-order valence-electron chi connectivity index (χ1n) is 9.59. The number of nitrogens with zero attached hydrogens (tertiary/aromatic N) is 5. The van der Waals surface area contributed by atoms with Crippen molar-refractivity contribution in [1.29, 1.82) is 0 Å². The molecule has 0 spiro atoms.